The lowest BCUT2D eigenvalue weighted by molar-refractivity contribution is 0.498. The molecular weight excluding hydrogens is 124 g/mol. The van der Waals surface area contributed by atoms with E-state index >= 15 is 0 Å². The van der Waals surface area contributed by atoms with Crippen molar-refractivity contribution in [1.82, 2.24) is 0 Å². The van der Waals surface area contributed by atoms with E-state index in [0.29, 0.717) is 5.76 Å². The first-order valence-electron chi connectivity index (χ1n) is 3.54. The summed E-state index contributed by atoms with van der Waals surface area (Å²) in [6.45, 7) is 5.55. The van der Waals surface area contributed by atoms with Gasteiger partial charge in [-0.3, -0.25) is 0 Å². The van der Waals surface area contributed by atoms with Gasteiger partial charge >= 0.3 is 0 Å². The van der Waals surface area contributed by atoms with Crippen LogP contribution >= 0.6 is 0 Å². The molecule has 1 heteroatoms. The predicted octanol–water partition coefficient (Wildman–Crippen LogP) is 0.783. The summed E-state index contributed by atoms with van der Waals surface area (Å²) < 4.78 is 6.68. The van der Waals surface area contributed by atoms with E-state index in [4.69, 9.17) is 1.43 Å². The van der Waals surface area contributed by atoms with Crippen LogP contribution in [-0.2, 0) is 0 Å². The number of hydrogen-bond donors (Lipinski definition) is 1. The molecule has 0 aliphatic rings. The number of benzene rings is 1. The number of aliphatic hydroxyl groups excluding tert-OH is 1. The third-order valence-corrected chi connectivity index (χ3v) is 1.40. The maximum absolute atomic E-state index is 6.68. The molecule has 1 aromatic carbocycles. The van der Waals surface area contributed by atoms with Gasteiger partial charge in [-0.15, -0.1) is 0 Å². The quantitative estimate of drug-likeness (QED) is 0.603. The van der Waals surface area contributed by atoms with Gasteiger partial charge in [0, 0.05) is 5.22 Å². The van der Waals surface area contributed by atoms with Gasteiger partial charge in [0.2, 0.25) is 0 Å². The van der Waals surface area contributed by atoms with Gasteiger partial charge < -0.3 is 5.11 Å². The highest BCUT2D eigenvalue weighted by molar-refractivity contribution is 5.32. The summed E-state index contributed by atoms with van der Waals surface area (Å²) >= 11 is 0. The summed E-state index contributed by atoms with van der Waals surface area (Å²) in [6.07, 6.45) is 0. The smallest absolute Gasteiger partial charge is 0.293 e. The van der Waals surface area contributed by atoms with E-state index < -0.39 is 0 Å². The van der Waals surface area contributed by atoms with E-state index in [1.807, 2.05) is 24.3 Å². The van der Waals surface area contributed by atoms with Crippen LogP contribution in [0.5, 0.6) is 0 Å². The third kappa shape index (κ3) is 1.18. The zero-order valence-corrected chi connectivity index (χ0v) is 5.92. The van der Waals surface area contributed by atoms with Crippen LogP contribution < -0.4 is 10.4 Å². The van der Waals surface area contributed by atoms with Crippen molar-refractivity contribution in [1.29, 1.82) is 1.43 Å². The Balaban J connectivity index is 3.46. The van der Waals surface area contributed by atoms with E-state index in [1.54, 1.807) is 6.92 Å². The second kappa shape index (κ2) is 2.56. The molecule has 0 atom stereocenters. The Morgan fingerprint density at radius 3 is 2.90 bits per heavy atom. The minimum Gasteiger partial charge on any atom is -0.512 e. The van der Waals surface area contributed by atoms with Crippen molar-refractivity contribution in [3.63, 3.8) is 0 Å². The molecule has 1 N–H and O–H groups in total. The Morgan fingerprint density at radius 2 is 2.30 bits per heavy atom. The molecule has 1 rings (SSSR count). The highest BCUT2D eigenvalue weighted by atomic mass is 16.3. The molecule has 0 aliphatic heterocycles. The van der Waals surface area contributed by atoms with E-state index in [9.17, 15) is 0 Å². The first kappa shape index (κ1) is 5.54. The second-order valence-electron chi connectivity index (χ2n) is 2.21. The molecule has 0 spiro atoms. The van der Waals surface area contributed by atoms with Gasteiger partial charge in [0.25, 0.3) is 1.43 Å². The van der Waals surface area contributed by atoms with Crippen LogP contribution in [0.2, 0.25) is 0 Å². The number of aliphatic hydroxyl groups is 1. The normalized spacial score (nSPS) is 13.9. The molecule has 0 aromatic heterocycles. The lowest BCUT2D eigenvalue weighted by Gasteiger charge is -1.89. The molecule has 1 nitrogen and oxygen atoms in total. The fourth-order valence-electron chi connectivity index (χ4n) is 0.864. The summed E-state index contributed by atoms with van der Waals surface area (Å²) in [5.74, 6) is 0.579. The molecular formula is C9H10O. The Hall–Kier alpha value is -1.24. The lowest BCUT2D eigenvalue weighted by atomic mass is 10.2. The molecule has 0 radical (unpaired) electrons. The van der Waals surface area contributed by atoms with Crippen molar-refractivity contribution in [2.24, 2.45) is 0 Å². The largest absolute Gasteiger partial charge is 0.512 e. The predicted molar refractivity (Wildman–Crippen MR) is 42.9 cm³/mol. The topological polar surface area (TPSA) is 20.2 Å². The average Bonchev–Trinajstić information content (AvgIpc) is 2.04. The van der Waals surface area contributed by atoms with Crippen LogP contribution in [0.3, 0.4) is 0 Å². The summed E-state index contributed by atoms with van der Waals surface area (Å²) in [5, 5.41) is 6.12. The maximum atomic E-state index is 6.68. The Kier molecular flexibility index (Phi) is 1.42. The maximum Gasteiger partial charge on any atom is 0.293 e. The van der Waals surface area contributed by atoms with Crippen LogP contribution in [0.4, 0.5) is 0 Å². The number of rotatable bonds is 1. The van der Waals surface area contributed by atoms with Crippen LogP contribution in [0.15, 0.2) is 24.3 Å². The monoisotopic (exact) mass is 135 g/mol. The summed E-state index contributed by atoms with van der Waals surface area (Å²) in [5.41, 5.74) is 0. The molecule has 0 aliphatic carbocycles. The zero-order chi connectivity index (χ0) is 8.27. The van der Waals surface area contributed by atoms with Gasteiger partial charge in [-0.1, -0.05) is 30.8 Å². The Bertz CT molecular complexity index is 343. The van der Waals surface area contributed by atoms with Gasteiger partial charge in [-0.05, 0) is 12.1 Å². The fourth-order valence-corrected chi connectivity index (χ4v) is 0.864. The molecule has 52 valence electrons. The number of hydrogen-bond acceptors (Lipinski definition) is 1. The molecule has 0 heterocycles. The Labute approximate surface area is 61.4 Å². The van der Waals surface area contributed by atoms with Crippen LogP contribution in [0.1, 0.15) is 6.92 Å². The van der Waals surface area contributed by atoms with Crippen molar-refractivity contribution in [2.75, 3.05) is 0 Å². The van der Waals surface area contributed by atoms with Crippen LogP contribution in [0.25, 0.3) is 13.8 Å². The summed E-state index contributed by atoms with van der Waals surface area (Å²) in [6, 6.07) is 7.57. The molecule has 10 heavy (non-hydrogen) atoms. The standard InChI is InChI=1S/C9H10O/c1-7-5-3-4-6-9(7)8(2)10/h3-6,10H,1H2,2H3/b9-8-/i/hD. The highest BCUT2D eigenvalue weighted by Crippen LogP contribution is 1.77. The second-order valence-corrected chi connectivity index (χ2v) is 2.21. The molecule has 0 saturated carbocycles. The fraction of sp³-hybridized carbons (Fsp3) is 0.111. The van der Waals surface area contributed by atoms with Crippen molar-refractivity contribution in [3.05, 3.63) is 34.7 Å². The molecule has 1 aromatic rings. The first-order chi connectivity index (χ1) is 5.25. The van der Waals surface area contributed by atoms with E-state index in [2.05, 4.69) is 11.7 Å². The van der Waals surface area contributed by atoms with Gasteiger partial charge in [0.1, 0.15) is 0 Å². The average molecular weight is 135 g/mol. The van der Waals surface area contributed by atoms with E-state index in [-0.39, 0.29) is 0 Å². The molecule has 0 unspecified atom stereocenters. The highest BCUT2D eigenvalue weighted by Gasteiger charge is 1.83. The Morgan fingerprint density at radius 1 is 1.60 bits per heavy atom. The first-order valence-corrected chi connectivity index (χ1v) is 3.14. The minimum absolute atomic E-state index is 0.579. The summed E-state index contributed by atoms with van der Waals surface area (Å²) in [4.78, 5) is 0. The summed E-state index contributed by atoms with van der Waals surface area (Å²) in [7, 11) is 0. The lowest BCUT2D eigenvalue weighted by Crippen LogP contribution is -2.23. The SMILES string of the molecule is [2H]O/C(C)=c1/ccccc1=C. The van der Waals surface area contributed by atoms with Crippen molar-refractivity contribution < 1.29 is 5.11 Å². The molecule has 0 saturated heterocycles. The van der Waals surface area contributed by atoms with Crippen molar-refractivity contribution >= 4 is 12.3 Å². The van der Waals surface area contributed by atoms with Gasteiger partial charge in [0.15, 0.2) is 0 Å². The van der Waals surface area contributed by atoms with Crippen molar-refractivity contribution in [3.8, 4) is 0 Å². The molecule has 0 fully saturated rings. The van der Waals surface area contributed by atoms with Crippen LogP contribution in [-0.4, -0.2) is 5.11 Å². The third-order valence-electron chi connectivity index (χ3n) is 1.40. The van der Waals surface area contributed by atoms with E-state index in [0.717, 1.165) is 10.4 Å². The van der Waals surface area contributed by atoms with E-state index in [1.165, 1.54) is 0 Å². The van der Waals surface area contributed by atoms with Gasteiger partial charge in [-0.2, -0.15) is 0 Å². The van der Waals surface area contributed by atoms with Gasteiger partial charge in [-0.25, -0.2) is 0 Å². The molecule has 0 amide bonds. The zero-order valence-electron chi connectivity index (χ0n) is 6.92. The van der Waals surface area contributed by atoms with Crippen LogP contribution in [0, 0.1) is 0 Å². The van der Waals surface area contributed by atoms with Gasteiger partial charge in [0.05, 0.1) is 5.76 Å². The molecule has 0 bridgehead atoms. The minimum atomic E-state index is 0.579. The van der Waals surface area contributed by atoms with Crippen molar-refractivity contribution in [2.45, 2.75) is 6.92 Å².